The molecule has 110 valence electrons. The maximum atomic E-state index is 12.3. The number of nitrogens with one attached hydrogen (secondary N) is 1. The largest absolute Gasteiger partial charge is 0.369 e. The van der Waals surface area contributed by atoms with Gasteiger partial charge in [-0.15, -0.1) is 10.2 Å². The van der Waals surface area contributed by atoms with E-state index in [2.05, 4.69) is 22.4 Å². The van der Waals surface area contributed by atoms with E-state index in [1.807, 2.05) is 30.3 Å². The smallest absolute Gasteiger partial charge is 0.278 e. The van der Waals surface area contributed by atoms with Crippen molar-refractivity contribution >= 4 is 17.4 Å². The Morgan fingerprint density at radius 2 is 1.90 bits per heavy atom. The molecular weight excluding hydrogens is 264 g/mol. The molecule has 21 heavy (non-hydrogen) atoms. The van der Waals surface area contributed by atoms with Gasteiger partial charge >= 0.3 is 0 Å². The summed E-state index contributed by atoms with van der Waals surface area (Å²) in [5.74, 6) is 0.524. The van der Waals surface area contributed by atoms with Gasteiger partial charge in [0.25, 0.3) is 5.91 Å². The number of amides is 1. The lowest BCUT2D eigenvalue weighted by Crippen LogP contribution is -2.27. The molecule has 1 aromatic carbocycles. The maximum Gasteiger partial charge on any atom is 0.278 e. The summed E-state index contributed by atoms with van der Waals surface area (Å²) in [5.41, 5.74) is 1.16. The fourth-order valence-corrected chi connectivity index (χ4v) is 1.87. The molecule has 0 aliphatic heterocycles. The average Bonchev–Trinajstić information content (AvgIpc) is 2.55. The van der Waals surface area contributed by atoms with Crippen molar-refractivity contribution in [1.82, 2.24) is 10.2 Å². The zero-order valence-electron chi connectivity index (χ0n) is 12.4. The summed E-state index contributed by atoms with van der Waals surface area (Å²) in [7, 11) is 1.73. The van der Waals surface area contributed by atoms with Gasteiger partial charge in [-0.2, -0.15) is 0 Å². The van der Waals surface area contributed by atoms with Crippen LogP contribution in [-0.2, 0) is 0 Å². The van der Waals surface area contributed by atoms with Crippen molar-refractivity contribution in [2.24, 2.45) is 0 Å². The number of unbranched alkanes of at least 4 members (excludes halogenated alkanes) is 1. The van der Waals surface area contributed by atoms with Crippen molar-refractivity contribution in [3.63, 3.8) is 0 Å². The predicted molar refractivity (Wildman–Crippen MR) is 84.6 cm³/mol. The molecule has 0 radical (unpaired) electrons. The molecule has 1 amide bonds. The van der Waals surface area contributed by atoms with E-state index in [9.17, 15) is 4.79 Å². The molecule has 1 N–H and O–H groups in total. The Hall–Kier alpha value is -2.43. The third-order valence-corrected chi connectivity index (χ3v) is 3.17. The highest BCUT2D eigenvalue weighted by molar-refractivity contribution is 6.04. The number of benzene rings is 1. The third-order valence-electron chi connectivity index (χ3n) is 3.17. The number of aromatic nitrogens is 2. The van der Waals surface area contributed by atoms with Gasteiger partial charge in [-0.1, -0.05) is 31.5 Å². The van der Waals surface area contributed by atoms with E-state index in [4.69, 9.17) is 0 Å². The fraction of sp³-hybridized carbons (Fsp3) is 0.312. The van der Waals surface area contributed by atoms with E-state index < -0.39 is 0 Å². The SMILES string of the molecule is CCCCNc1ccc(C(=O)N(C)c2ccccc2)nn1. The number of nitrogens with zero attached hydrogens (tertiary/aromatic N) is 3. The van der Waals surface area contributed by atoms with Gasteiger partial charge in [0.05, 0.1) is 0 Å². The van der Waals surface area contributed by atoms with Crippen molar-refractivity contribution in [3.8, 4) is 0 Å². The Morgan fingerprint density at radius 3 is 2.52 bits per heavy atom. The number of hydrogen-bond acceptors (Lipinski definition) is 4. The fourth-order valence-electron chi connectivity index (χ4n) is 1.87. The third kappa shape index (κ3) is 4.02. The monoisotopic (exact) mass is 284 g/mol. The second-order valence-corrected chi connectivity index (χ2v) is 4.78. The van der Waals surface area contributed by atoms with Gasteiger partial charge in [-0.25, -0.2) is 0 Å². The Morgan fingerprint density at radius 1 is 1.14 bits per heavy atom. The maximum absolute atomic E-state index is 12.3. The molecule has 0 spiro atoms. The van der Waals surface area contributed by atoms with Crippen molar-refractivity contribution in [2.45, 2.75) is 19.8 Å². The molecular formula is C16H20N4O. The molecule has 0 bridgehead atoms. The lowest BCUT2D eigenvalue weighted by molar-refractivity contribution is 0.0987. The molecule has 2 aromatic rings. The number of para-hydroxylation sites is 1. The highest BCUT2D eigenvalue weighted by Gasteiger charge is 2.15. The van der Waals surface area contributed by atoms with Crippen LogP contribution in [0.5, 0.6) is 0 Å². The van der Waals surface area contributed by atoms with Gasteiger partial charge in [-0.05, 0) is 30.7 Å². The predicted octanol–water partition coefficient (Wildman–Crippen LogP) is 2.97. The van der Waals surface area contributed by atoms with E-state index in [0.29, 0.717) is 11.5 Å². The van der Waals surface area contributed by atoms with Crippen LogP contribution in [0.3, 0.4) is 0 Å². The van der Waals surface area contributed by atoms with Crippen molar-refractivity contribution in [1.29, 1.82) is 0 Å². The summed E-state index contributed by atoms with van der Waals surface area (Å²) in [5, 5.41) is 11.2. The summed E-state index contributed by atoms with van der Waals surface area (Å²) in [6, 6.07) is 12.9. The second-order valence-electron chi connectivity index (χ2n) is 4.78. The molecule has 5 nitrogen and oxygen atoms in total. The van der Waals surface area contributed by atoms with Crippen LogP contribution >= 0.6 is 0 Å². The Labute approximate surface area is 125 Å². The van der Waals surface area contributed by atoms with E-state index in [-0.39, 0.29) is 5.91 Å². The van der Waals surface area contributed by atoms with Crippen molar-refractivity contribution < 1.29 is 4.79 Å². The molecule has 0 unspecified atom stereocenters. The summed E-state index contributed by atoms with van der Waals surface area (Å²) >= 11 is 0. The standard InChI is InChI=1S/C16H20N4O/c1-3-4-12-17-15-11-10-14(18-19-15)16(21)20(2)13-8-6-5-7-9-13/h5-11H,3-4,12H2,1-2H3,(H,17,19). The summed E-state index contributed by atoms with van der Waals surface area (Å²) in [6.07, 6.45) is 2.21. The van der Waals surface area contributed by atoms with Crippen LogP contribution in [0.4, 0.5) is 11.5 Å². The van der Waals surface area contributed by atoms with Crippen LogP contribution in [0.15, 0.2) is 42.5 Å². The summed E-state index contributed by atoms with van der Waals surface area (Å²) in [6.45, 7) is 3.00. The van der Waals surface area contributed by atoms with Gasteiger partial charge in [0, 0.05) is 19.3 Å². The minimum Gasteiger partial charge on any atom is -0.369 e. The van der Waals surface area contributed by atoms with Crippen molar-refractivity contribution in [2.75, 3.05) is 23.8 Å². The van der Waals surface area contributed by atoms with Crippen LogP contribution in [0.2, 0.25) is 0 Å². The minimum atomic E-state index is -0.172. The van der Waals surface area contributed by atoms with Crippen molar-refractivity contribution in [3.05, 3.63) is 48.2 Å². The number of carbonyl (C=O) groups is 1. The average molecular weight is 284 g/mol. The molecule has 0 aliphatic rings. The molecule has 0 saturated carbocycles. The zero-order chi connectivity index (χ0) is 15.1. The van der Waals surface area contributed by atoms with E-state index in [1.165, 1.54) is 0 Å². The second kappa shape index (κ2) is 7.38. The van der Waals surface area contributed by atoms with Crippen LogP contribution in [-0.4, -0.2) is 29.7 Å². The topological polar surface area (TPSA) is 58.1 Å². The first-order valence-corrected chi connectivity index (χ1v) is 7.13. The number of hydrogen-bond donors (Lipinski definition) is 1. The highest BCUT2D eigenvalue weighted by atomic mass is 16.2. The number of rotatable bonds is 6. The van der Waals surface area contributed by atoms with Gasteiger partial charge in [0.2, 0.25) is 0 Å². The molecule has 2 rings (SSSR count). The molecule has 0 saturated heterocycles. The summed E-state index contributed by atoms with van der Waals surface area (Å²) in [4.78, 5) is 13.9. The molecule has 1 aromatic heterocycles. The Balaban J connectivity index is 2.03. The van der Waals surface area contributed by atoms with Crippen LogP contribution in [0.1, 0.15) is 30.3 Å². The normalized spacial score (nSPS) is 10.2. The first-order chi connectivity index (χ1) is 10.2. The Bertz CT molecular complexity index is 569. The van der Waals surface area contributed by atoms with Crippen LogP contribution in [0, 0.1) is 0 Å². The first-order valence-electron chi connectivity index (χ1n) is 7.13. The van der Waals surface area contributed by atoms with E-state index >= 15 is 0 Å². The van der Waals surface area contributed by atoms with Crippen LogP contribution in [0.25, 0.3) is 0 Å². The van der Waals surface area contributed by atoms with E-state index in [0.717, 1.165) is 25.1 Å². The van der Waals surface area contributed by atoms with Gasteiger partial charge in [0.15, 0.2) is 5.69 Å². The van der Waals surface area contributed by atoms with Gasteiger partial charge in [-0.3, -0.25) is 4.79 Å². The Kier molecular flexibility index (Phi) is 5.26. The highest BCUT2D eigenvalue weighted by Crippen LogP contribution is 2.14. The zero-order valence-corrected chi connectivity index (χ0v) is 12.4. The molecule has 1 heterocycles. The molecule has 0 aliphatic carbocycles. The molecule has 0 fully saturated rings. The lowest BCUT2D eigenvalue weighted by atomic mass is 10.2. The van der Waals surface area contributed by atoms with Gasteiger partial charge < -0.3 is 10.2 Å². The quantitative estimate of drug-likeness (QED) is 0.829. The number of carbonyl (C=O) groups excluding carboxylic acids is 1. The number of anilines is 2. The van der Waals surface area contributed by atoms with Crippen LogP contribution < -0.4 is 10.2 Å². The summed E-state index contributed by atoms with van der Waals surface area (Å²) < 4.78 is 0. The van der Waals surface area contributed by atoms with Gasteiger partial charge in [0.1, 0.15) is 5.82 Å². The first kappa shape index (κ1) is 15.0. The molecule has 5 heteroatoms. The molecule has 0 atom stereocenters. The minimum absolute atomic E-state index is 0.172. The lowest BCUT2D eigenvalue weighted by Gasteiger charge is -2.16. The van der Waals surface area contributed by atoms with E-state index in [1.54, 1.807) is 24.1 Å².